The van der Waals surface area contributed by atoms with Gasteiger partial charge in [-0.3, -0.25) is 4.99 Å². The molecule has 5 heteroatoms. The van der Waals surface area contributed by atoms with Crippen molar-refractivity contribution in [1.82, 2.24) is 15.1 Å². The van der Waals surface area contributed by atoms with E-state index in [-0.39, 0.29) is 0 Å². The van der Waals surface area contributed by atoms with Crippen molar-refractivity contribution in [2.24, 2.45) is 10.9 Å². The minimum atomic E-state index is 0.791. The Labute approximate surface area is 148 Å². The van der Waals surface area contributed by atoms with Crippen molar-refractivity contribution in [2.75, 3.05) is 39.8 Å². The molecule has 0 spiro atoms. The summed E-state index contributed by atoms with van der Waals surface area (Å²) in [6, 6.07) is 8.46. The Balaban J connectivity index is 1.47. The Kier molecular flexibility index (Phi) is 5.95. The lowest BCUT2D eigenvalue weighted by molar-refractivity contribution is 0.281. The summed E-state index contributed by atoms with van der Waals surface area (Å²) in [5, 5.41) is 3.51. The van der Waals surface area contributed by atoms with E-state index in [1.807, 2.05) is 7.05 Å². The zero-order chi connectivity index (χ0) is 16.1. The zero-order valence-corrected chi connectivity index (χ0v) is 15.6. The van der Waals surface area contributed by atoms with Gasteiger partial charge in [0.1, 0.15) is 0 Å². The highest BCUT2D eigenvalue weighted by atomic mass is 79.9. The Hall–Kier alpha value is -1.07. The van der Waals surface area contributed by atoms with E-state index < -0.39 is 0 Å². The molecule has 126 valence electrons. The molecule has 3 rings (SSSR count). The van der Waals surface area contributed by atoms with Gasteiger partial charge in [0.2, 0.25) is 0 Å². The predicted molar refractivity (Wildman–Crippen MR) is 99.7 cm³/mol. The van der Waals surface area contributed by atoms with E-state index in [1.165, 1.54) is 44.5 Å². The molecule has 2 heterocycles. The third-order valence-electron chi connectivity index (χ3n) is 4.88. The first-order chi connectivity index (χ1) is 11.2. The summed E-state index contributed by atoms with van der Waals surface area (Å²) < 4.78 is 1.12. The largest absolute Gasteiger partial charge is 0.352 e. The Morgan fingerprint density at radius 1 is 1.22 bits per heavy atom. The number of halogens is 1. The number of aliphatic imine (C=N–C) groups is 1. The first-order valence-electron chi connectivity index (χ1n) is 8.67. The molecule has 4 nitrogen and oxygen atoms in total. The first-order valence-corrected chi connectivity index (χ1v) is 9.46. The molecule has 23 heavy (non-hydrogen) atoms. The first kappa shape index (κ1) is 16.8. The van der Waals surface area contributed by atoms with Crippen LogP contribution in [0.1, 0.15) is 24.8 Å². The second-order valence-corrected chi connectivity index (χ2v) is 7.55. The number of hydrogen-bond acceptors (Lipinski definition) is 2. The summed E-state index contributed by atoms with van der Waals surface area (Å²) in [4.78, 5) is 9.52. The highest BCUT2D eigenvalue weighted by Gasteiger charge is 2.27. The molecule has 1 N–H and O–H groups in total. The third-order valence-corrected chi connectivity index (χ3v) is 5.40. The van der Waals surface area contributed by atoms with Gasteiger partial charge >= 0.3 is 0 Å². The van der Waals surface area contributed by atoms with Crippen LogP contribution in [0.3, 0.4) is 0 Å². The van der Waals surface area contributed by atoms with Crippen LogP contribution >= 0.6 is 15.9 Å². The summed E-state index contributed by atoms with van der Waals surface area (Å²) in [5.41, 5.74) is 1.28. The van der Waals surface area contributed by atoms with Crippen LogP contribution < -0.4 is 5.32 Å². The van der Waals surface area contributed by atoms with Gasteiger partial charge in [-0.15, -0.1) is 0 Å². The lowest BCUT2D eigenvalue weighted by Crippen LogP contribution is -2.40. The molecule has 0 aliphatic carbocycles. The van der Waals surface area contributed by atoms with Crippen LogP contribution in [0.2, 0.25) is 0 Å². The fraction of sp³-hybridized carbons (Fsp3) is 0.611. The molecule has 2 aliphatic rings. The van der Waals surface area contributed by atoms with Crippen molar-refractivity contribution < 1.29 is 0 Å². The van der Waals surface area contributed by atoms with E-state index in [2.05, 4.69) is 60.3 Å². The van der Waals surface area contributed by atoms with Crippen LogP contribution in [0.5, 0.6) is 0 Å². The van der Waals surface area contributed by atoms with E-state index in [1.54, 1.807) is 0 Å². The molecule has 1 atom stereocenters. The minimum Gasteiger partial charge on any atom is -0.352 e. The van der Waals surface area contributed by atoms with Crippen molar-refractivity contribution in [3.05, 3.63) is 34.3 Å². The number of nitrogens with zero attached hydrogens (tertiary/aromatic N) is 3. The molecule has 2 fully saturated rings. The average Bonchev–Trinajstić information content (AvgIpc) is 3.23. The van der Waals surface area contributed by atoms with Gasteiger partial charge in [-0.1, -0.05) is 28.1 Å². The van der Waals surface area contributed by atoms with Gasteiger partial charge in [0.25, 0.3) is 0 Å². The molecule has 0 amide bonds. The highest BCUT2D eigenvalue weighted by molar-refractivity contribution is 9.10. The monoisotopic (exact) mass is 378 g/mol. The van der Waals surface area contributed by atoms with Gasteiger partial charge in [0.05, 0.1) is 0 Å². The second-order valence-electron chi connectivity index (χ2n) is 6.64. The normalized spacial score (nSPS) is 22.8. The van der Waals surface area contributed by atoms with Crippen molar-refractivity contribution in [3.63, 3.8) is 0 Å². The van der Waals surface area contributed by atoms with E-state index >= 15 is 0 Å². The second kappa shape index (κ2) is 8.15. The maximum absolute atomic E-state index is 4.48. The Morgan fingerprint density at radius 3 is 2.65 bits per heavy atom. The number of likely N-dealkylation sites (tertiary alicyclic amines) is 2. The smallest absolute Gasteiger partial charge is 0.193 e. The lowest BCUT2D eigenvalue weighted by atomic mass is 10.1. The summed E-state index contributed by atoms with van der Waals surface area (Å²) in [7, 11) is 1.89. The van der Waals surface area contributed by atoms with Crippen molar-refractivity contribution >= 4 is 21.9 Å². The predicted octanol–water partition coefficient (Wildman–Crippen LogP) is 2.94. The quantitative estimate of drug-likeness (QED) is 0.645. The fourth-order valence-electron chi connectivity index (χ4n) is 3.62. The summed E-state index contributed by atoms with van der Waals surface area (Å²) in [6.45, 7) is 6.95. The average molecular weight is 379 g/mol. The number of hydrogen-bond donors (Lipinski definition) is 1. The van der Waals surface area contributed by atoms with E-state index in [9.17, 15) is 0 Å². The maximum atomic E-state index is 4.48. The zero-order valence-electron chi connectivity index (χ0n) is 14.0. The number of benzene rings is 1. The molecule has 1 aromatic carbocycles. The van der Waals surface area contributed by atoms with Gasteiger partial charge in [0.15, 0.2) is 5.96 Å². The summed E-state index contributed by atoms with van der Waals surface area (Å²) in [6.07, 6.45) is 4.05. The van der Waals surface area contributed by atoms with Gasteiger partial charge < -0.3 is 15.1 Å². The molecule has 1 aromatic rings. The molecular formula is C18H27BrN4. The number of guanidine groups is 1. The fourth-order valence-corrected chi connectivity index (χ4v) is 3.88. The van der Waals surface area contributed by atoms with Gasteiger partial charge in [-0.2, -0.15) is 0 Å². The molecule has 1 unspecified atom stereocenters. The molecule has 2 aliphatic heterocycles. The van der Waals surface area contributed by atoms with E-state index in [4.69, 9.17) is 0 Å². The lowest BCUT2D eigenvalue weighted by Gasteiger charge is -2.23. The van der Waals surface area contributed by atoms with Gasteiger partial charge in [-0.05, 0) is 56.0 Å². The van der Waals surface area contributed by atoms with Crippen LogP contribution in [0.4, 0.5) is 0 Å². The summed E-state index contributed by atoms with van der Waals surface area (Å²) in [5.74, 6) is 1.83. The molecule has 0 bridgehead atoms. The third kappa shape index (κ3) is 4.70. The molecule has 0 aromatic heterocycles. The van der Waals surface area contributed by atoms with Crippen LogP contribution in [0, 0.1) is 5.92 Å². The SMILES string of the molecule is CN=C(NCc1ccc(Br)cc1)N1CCC(CN2CCCC2)C1. The Morgan fingerprint density at radius 2 is 1.96 bits per heavy atom. The van der Waals surface area contributed by atoms with Crippen LogP contribution in [-0.4, -0.2) is 55.5 Å². The van der Waals surface area contributed by atoms with Gasteiger partial charge in [0, 0.05) is 37.7 Å². The molecular weight excluding hydrogens is 352 g/mol. The van der Waals surface area contributed by atoms with Crippen LogP contribution in [0.15, 0.2) is 33.7 Å². The maximum Gasteiger partial charge on any atom is 0.193 e. The molecule has 2 saturated heterocycles. The highest BCUT2D eigenvalue weighted by Crippen LogP contribution is 2.20. The number of rotatable bonds is 4. The topological polar surface area (TPSA) is 30.9 Å². The van der Waals surface area contributed by atoms with Crippen molar-refractivity contribution in [1.29, 1.82) is 0 Å². The van der Waals surface area contributed by atoms with E-state index in [0.717, 1.165) is 36.0 Å². The Bertz CT molecular complexity index is 522. The van der Waals surface area contributed by atoms with Crippen molar-refractivity contribution in [2.45, 2.75) is 25.8 Å². The van der Waals surface area contributed by atoms with Crippen LogP contribution in [-0.2, 0) is 6.54 Å². The van der Waals surface area contributed by atoms with E-state index in [0.29, 0.717) is 0 Å². The van der Waals surface area contributed by atoms with Crippen LogP contribution in [0.25, 0.3) is 0 Å². The standard InChI is InChI=1S/C18H27BrN4/c1-20-18(21-12-15-4-6-17(19)7-5-15)23-11-8-16(14-23)13-22-9-2-3-10-22/h4-7,16H,2-3,8-14H2,1H3,(H,20,21). The minimum absolute atomic E-state index is 0.791. The summed E-state index contributed by atoms with van der Waals surface area (Å²) >= 11 is 3.48. The van der Waals surface area contributed by atoms with Gasteiger partial charge in [-0.25, -0.2) is 0 Å². The van der Waals surface area contributed by atoms with Crippen molar-refractivity contribution in [3.8, 4) is 0 Å². The number of nitrogens with one attached hydrogen (secondary N) is 1. The molecule has 0 saturated carbocycles. The molecule has 0 radical (unpaired) electrons.